The lowest BCUT2D eigenvalue weighted by atomic mass is 10.2. The average Bonchev–Trinajstić information content (AvgIpc) is 2.75. The Hall–Kier alpha value is -3.90. The first kappa shape index (κ1) is 21.8. The van der Waals surface area contributed by atoms with Gasteiger partial charge in [-0.1, -0.05) is 17.7 Å². The molecule has 1 atom stereocenters. The van der Waals surface area contributed by atoms with Gasteiger partial charge in [0.25, 0.3) is 15.7 Å². The summed E-state index contributed by atoms with van der Waals surface area (Å²) >= 11 is 0. The Kier molecular flexibility index (Phi) is 6.22. The van der Waals surface area contributed by atoms with Crippen molar-refractivity contribution in [3.05, 3.63) is 94.0 Å². The predicted molar refractivity (Wildman–Crippen MR) is 118 cm³/mol. The minimum atomic E-state index is -3.99. The van der Waals surface area contributed by atoms with Crippen molar-refractivity contribution < 1.29 is 13.3 Å². The molecule has 1 unspecified atom stereocenters. The highest BCUT2D eigenvalue weighted by Gasteiger charge is 2.30. The first-order valence-electron chi connectivity index (χ1n) is 9.34. The average molecular weight is 436 g/mol. The molecule has 0 fully saturated rings. The molecule has 31 heavy (non-hydrogen) atoms. The number of non-ortho nitro benzene ring substituents is 1. The molecule has 9 heteroatoms. The van der Waals surface area contributed by atoms with Gasteiger partial charge in [-0.15, -0.1) is 0 Å². The van der Waals surface area contributed by atoms with E-state index in [2.05, 4.69) is 5.32 Å². The smallest absolute Gasteiger partial charge is 0.269 e. The molecule has 0 radical (unpaired) electrons. The van der Waals surface area contributed by atoms with Gasteiger partial charge < -0.3 is 5.32 Å². The molecular weight excluding hydrogens is 416 g/mol. The van der Waals surface area contributed by atoms with Crippen molar-refractivity contribution in [1.82, 2.24) is 0 Å². The van der Waals surface area contributed by atoms with Crippen molar-refractivity contribution in [1.29, 1.82) is 5.26 Å². The molecule has 3 aromatic rings. The molecule has 158 valence electrons. The van der Waals surface area contributed by atoms with Crippen LogP contribution in [0.4, 0.5) is 17.1 Å². The fourth-order valence-corrected chi connectivity index (χ4v) is 4.63. The summed E-state index contributed by atoms with van der Waals surface area (Å²) < 4.78 is 28.2. The van der Waals surface area contributed by atoms with Crippen LogP contribution in [0.5, 0.6) is 0 Å². The van der Waals surface area contributed by atoms with Crippen LogP contribution in [-0.2, 0) is 10.0 Å². The van der Waals surface area contributed by atoms with Gasteiger partial charge >= 0.3 is 0 Å². The third-order valence-corrected chi connectivity index (χ3v) is 6.55. The largest absolute Gasteiger partial charge is 0.365 e. The normalized spacial score (nSPS) is 11.9. The summed E-state index contributed by atoms with van der Waals surface area (Å²) in [6.45, 7) is 3.53. The number of benzene rings is 3. The number of nitro groups is 1. The quantitative estimate of drug-likeness (QED) is 0.333. The van der Waals surface area contributed by atoms with Gasteiger partial charge in [0.2, 0.25) is 0 Å². The highest BCUT2D eigenvalue weighted by atomic mass is 32.2. The van der Waals surface area contributed by atoms with Gasteiger partial charge in [-0.05, 0) is 62.4 Å². The minimum Gasteiger partial charge on any atom is -0.365 e. The Balaban J connectivity index is 2.03. The number of hydrogen-bond acceptors (Lipinski definition) is 6. The van der Waals surface area contributed by atoms with Gasteiger partial charge in [-0.3, -0.25) is 10.1 Å². The summed E-state index contributed by atoms with van der Waals surface area (Å²) in [6, 6.07) is 20.4. The Morgan fingerprint density at radius 3 is 2.10 bits per heavy atom. The number of rotatable bonds is 7. The monoisotopic (exact) mass is 436 g/mol. The number of nitrogens with one attached hydrogen (secondary N) is 1. The Bertz CT molecular complexity index is 1220. The lowest BCUT2D eigenvalue weighted by Gasteiger charge is -2.31. The van der Waals surface area contributed by atoms with Crippen LogP contribution < -0.4 is 9.62 Å². The zero-order valence-corrected chi connectivity index (χ0v) is 17.7. The number of anilines is 2. The van der Waals surface area contributed by atoms with Gasteiger partial charge in [0.15, 0.2) is 0 Å². The summed E-state index contributed by atoms with van der Waals surface area (Å²) in [4.78, 5) is 10.6. The number of nitrogens with zero attached hydrogens (tertiary/aromatic N) is 3. The summed E-state index contributed by atoms with van der Waals surface area (Å²) in [6.07, 6.45) is -0.735. The highest BCUT2D eigenvalue weighted by molar-refractivity contribution is 7.92. The second-order valence-corrected chi connectivity index (χ2v) is 8.71. The molecule has 1 N–H and O–H groups in total. The second kappa shape index (κ2) is 8.85. The van der Waals surface area contributed by atoms with E-state index in [1.807, 2.05) is 13.0 Å². The standard InChI is InChI=1S/C22H20N4O4S/c1-16-3-13-22(14-4-16)31(29,30)25(20-9-11-21(12-10-20)26(27)28)17(2)24-19-7-5-18(15-23)6-8-19/h3-14,17,24H,1-2H3. The molecular formula is C22H20N4O4S. The first-order chi connectivity index (χ1) is 14.7. The summed E-state index contributed by atoms with van der Waals surface area (Å²) in [7, 11) is -3.99. The Labute approximate surface area is 180 Å². The van der Waals surface area contributed by atoms with E-state index in [-0.39, 0.29) is 16.3 Å². The van der Waals surface area contributed by atoms with Crippen LogP contribution in [0.25, 0.3) is 0 Å². The van der Waals surface area contributed by atoms with Gasteiger partial charge in [0, 0.05) is 17.8 Å². The SMILES string of the molecule is Cc1ccc(S(=O)(=O)N(c2ccc([N+](=O)[O-])cc2)C(C)Nc2ccc(C#N)cc2)cc1. The van der Waals surface area contributed by atoms with E-state index in [9.17, 15) is 18.5 Å². The maximum Gasteiger partial charge on any atom is 0.269 e. The maximum atomic E-state index is 13.5. The third kappa shape index (κ3) is 4.82. The van der Waals surface area contributed by atoms with Crippen molar-refractivity contribution in [3.63, 3.8) is 0 Å². The molecule has 0 aliphatic heterocycles. The van der Waals surface area contributed by atoms with Crippen LogP contribution in [-0.4, -0.2) is 19.5 Å². The third-order valence-electron chi connectivity index (χ3n) is 4.63. The fourth-order valence-electron chi connectivity index (χ4n) is 3.06. The van der Waals surface area contributed by atoms with E-state index in [1.54, 1.807) is 43.3 Å². The molecule has 8 nitrogen and oxygen atoms in total. The molecule has 0 aromatic heterocycles. The Morgan fingerprint density at radius 2 is 1.58 bits per heavy atom. The van der Waals surface area contributed by atoms with E-state index in [0.29, 0.717) is 11.3 Å². The lowest BCUT2D eigenvalue weighted by Crippen LogP contribution is -2.43. The molecule has 0 bridgehead atoms. The number of aryl methyl sites for hydroxylation is 1. The highest BCUT2D eigenvalue weighted by Crippen LogP contribution is 2.29. The number of hydrogen-bond donors (Lipinski definition) is 1. The zero-order valence-electron chi connectivity index (χ0n) is 16.9. The zero-order chi connectivity index (χ0) is 22.6. The predicted octanol–water partition coefficient (Wildman–Crippen LogP) is 4.43. The van der Waals surface area contributed by atoms with Crippen LogP contribution in [0.15, 0.2) is 77.7 Å². The lowest BCUT2D eigenvalue weighted by molar-refractivity contribution is -0.384. The van der Waals surface area contributed by atoms with Gasteiger partial charge in [-0.25, -0.2) is 12.7 Å². The van der Waals surface area contributed by atoms with Crippen LogP contribution in [0.1, 0.15) is 18.1 Å². The molecule has 0 aliphatic rings. The first-order valence-corrected chi connectivity index (χ1v) is 10.8. The van der Waals surface area contributed by atoms with Crippen LogP contribution in [0, 0.1) is 28.4 Å². The summed E-state index contributed by atoms with van der Waals surface area (Å²) in [5, 5.41) is 23.1. The summed E-state index contributed by atoms with van der Waals surface area (Å²) in [5.41, 5.74) is 2.17. The maximum absolute atomic E-state index is 13.5. The summed E-state index contributed by atoms with van der Waals surface area (Å²) in [5.74, 6) is 0. The van der Waals surface area contributed by atoms with E-state index >= 15 is 0 Å². The molecule has 0 amide bonds. The van der Waals surface area contributed by atoms with Crippen LogP contribution >= 0.6 is 0 Å². The minimum absolute atomic E-state index is 0.102. The number of sulfonamides is 1. The van der Waals surface area contributed by atoms with E-state index < -0.39 is 21.1 Å². The molecule has 0 aliphatic carbocycles. The number of nitriles is 1. The number of nitro benzene ring substituents is 1. The van der Waals surface area contributed by atoms with Crippen LogP contribution in [0.2, 0.25) is 0 Å². The fraction of sp³-hybridized carbons (Fsp3) is 0.136. The van der Waals surface area contributed by atoms with E-state index in [0.717, 1.165) is 5.56 Å². The van der Waals surface area contributed by atoms with Gasteiger partial charge in [0.05, 0.1) is 27.1 Å². The van der Waals surface area contributed by atoms with Gasteiger partial charge in [-0.2, -0.15) is 5.26 Å². The van der Waals surface area contributed by atoms with Crippen molar-refractivity contribution >= 4 is 27.1 Å². The van der Waals surface area contributed by atoms with Crippen molar-refractivity contribution in [2.24, 2.45) is 0 Å². The van der Waals surface area contributed by atoms with Crippen LogP contribution in [0.3, 0.4) is 0 Å². The van der Waals surface area contributed by atoms with E-state index in [1.165, 1.54) is 40.7 Å². The second-order valence-electron chi connectivity index (χ2n) is 6.90. The van der Waals surface area contributed by atoms with Gasteiger partial charge in [0.1, 0.15) is 6.17 Å². The van der Waals surface area contributed by atoms with Crippen molar-refractivity contribution in [3.8, 4) is 6.07 Å². The van der Waals surface area contributed by atoms with E-state index in [4.69, 9.17) is 5.26 Å². The molecule has 3 aromatic carbocycles. The molecule has 3 rings (SSSR count). The van der Waals surface area contributed by atoms with Crippen molar-refractivity contribution in [2.45, 2.75) is 24.9 Å². The topological polar surface area (TPSA) is 116 Å². The molecule has 0 spiro atoms. The molecule has 0 saturated heterocycles. The molecule has 0 saturated carbocycles. The van der Waals surface area contributed by atoms with Crippen molar-refractivity contribution in [2.75, 3.05) is 9.62 Å². The molecule has 0 heterocycles. The Morgan fingerprint density at radius 1 is 1.00 bits per heavy atom.